The summed E-state index contributed by atoms with van der Waals surface area (Å²) in [6.07, 6.45) is 0. The van der Waals surface area contributed by atoms with Crippen LogP contribution < -0.4 is 0 Å². The Hall–Kier alpha value is -0.860. The molecule has 0 aliphatic carbocycles. The van der Waals surface area contributed by atoms with Crippen LogP contribution in [0.25, 0.3) is 0 Å². The molecule has 2 atom stereocenters. The summed E-state index contributed by atoms with van der Waals surface area (Å²) in [5, 5.41) is 20.0. The number of aliphatic hydroxyl groups is 2. The largest absolute Gasteiger partial charge is 0.396 e. The van der Waals surface area contributed by atoms with Gasteiger partial charge in [0.15, 0.2) is 0 Å². The molecule has 0 bridgehead atoms. The summed E-state index contributed by atoms with van der Waals surface area (Å²) in [5.74, 6) is 0.0924. The fourth-order valence-corrected chi connectivity index (χ4v) is 2.21. The van der Waals surface area contributed by atoms with E-state index < -0.39 is 5.60 Å². The zero-order valence-corrected chi connectivity index (χ0v) is 10.6. The molecule has 0 heterocycles. The first-order valence-electron chi connectivity index (χ1n) is 5.80. The number of hydrogen-bond acceptors (Lipinski definition) is 2. The zero-order chi connectivity index (χ0) is 12.3. The molecule has 1 rings (SSSR count). The Balaban J connectivity index is 3.08. The number of hydrogen-bond donors (Lipinski definition) is 2. The molecule has 0 aliphatic heterocycles. The van der Waals surface area contributed by atoms with Crippen molar-refractivity contribution < 1.29 is 10.2 Å². The molecular weight excluding hydrogens is 200 g/mol. The van der Waals surface area contributed by atoms with Crippen LogP contribution in [0.4, 0.5) is 0 Å². The lowest BCUT2D eigenvalue weighted by Gasteiger charge is -2.35. The Bertz CT molecular complexity index is 342. The van der Waals surface area contributed by atoms with E-state index in [1.807, 2.05) is 45.0 Å². The van der Waals surface area contributed by atoms with Gasteiger partial charge >= 0.3 is 0 Å². The first-order valence-corrected chi connectivity index (χ1v) is 5.80. The number of benzene rings is 1. The molecule has 0 unspecified atom stereocenters. The monoisotopic (exact) mass is 222 g/mol. The Morgan fingerprint density at radius 2 is 1.94 bits per heavy atom. The van der Waals surface area contributed by atoms with Crippen LogP contribution in [0, 0.1) is 18.8 Å². The van der Waals surface area contributed by atoms with Gasteiger partial charge in [-0.2, -0.15) is 0 Å². The highest BCUT2D eigenvalue weighted by Gasteiger charge is 2.35. The van der Waals surface area contributed by atoms with Crippen LogP contribution in [0.2, 0.25) is 0 Å². The minimum absolute atomic E-state index is 0.00138. The van der Waals surface area contributed by atoms with Gasteiger partial charge in [-0.05, 0) is 25.3 Å². The molecule has 2 heteroatoms. The molecule has 1 aromatic rings. The van der Waals surface area contributed by atoms with Gasteiger partial charge in [-0.25, -0.2) is 0 Å². The van der Waals surface area contributed by atoms with E-state index in [2.05, 4.69) is 0 Å². The van der Waals surface area contributed by atoms with Crippen LogP contribution in [-0.2, 0) is 5.60 Å². The van der Waals surface area contributed by atoms with E-state index >= 15 is 0 Å². The van der Waals surface area contributed by atoms with Crippen LogP contribution >= 0.6 is 0 Å². The predicted molar refractivity (Wildman–Crippen MR) is 66.2 cm³/mol. The second kappa shape index (κ2) is 4.98. The van der Waals surface area contributed by atoms with Crippen molar-refractivity contribution in [3.8, 4) is 0 Å². The summed E-state index contributed by atoms with van der Waals surface area (Å²) in [4.78, 5) is 0. The molecule has 2 N–H and O–H groups in total. The fourth-order valence-electron chi connectivity index (χ4n) is 2.21. The maximum absolute atomic E-state index is 10.6. The summed E-state index contributed by atoms with van der Waals surface area (Å²) in [5.41, 5.74) is 1.02. The van der Waals surface area contributed by atoms with E-state index in [4.69, 9.17) is 0 Å². The summed E-state index contributed by atoms with van der Waals surface area (Å²) < 4.78 is 0. The topological polar surface area (TPSA) is 40.5 Å². The van der Waals surface area contributed by atoms with Gasteiger partial charge in [0.05, 0.1) is 5.60 Å². The highest BCUT2D eigenvalue weighted by molar-refractivity contribution is 5.27. The van der Waals surface area contributed by atoms with Crippen molar-refractivity contribution in [1.29, 1.82) is 0 Å². The molecule has 0 fully saturated rings. The summed E-state index contributed by atoms with van der Waals surface area (Å²) in [6, 6.07) is 7.83. The first kappa shape index (κ1) is 13.2. The van der Waals surface area contributed by atoms with E-state index in [1.54, 1.807) is 6.92 Å². The van der Waals surface area contributed by atoms with E-state index in [9.17, 15) is 10.2 Å². The molecule has 0 aromatic heterocycles. The molecule has 0 amide bonds. The Morgan fingerprint density at radius 3 is 2.38 bits per heavy atom. The number of aryl methyl sites for hydroxylation is 1. The Kier molecular flexibility index (Phi) is 4.11. The molecule has 1 aromatic carbocycles. The van der Waals surface area contributed by atoms with Crippen LogP contribution in [0.5, 0.6) is 0 Å². The van der Waals surface area contributed by atoms with Crippen LogP contribution in [0.15, 0.2) is 24.3 Å². The van der Waals surface area contributed by atoms with Crippen LogP contribution in [-0.4, -0.2) is 16.8 Å². The van der Waals surface area contributed by atoms with Crippen molar-refractivity contribution in [1.82, 2.24) is 0 Å². The lowest BCUT2D eigenvalue weighted by molar-refractivity contribution is -0.0493. The summed E-state index contributed by atoms with van der Waals surface area (Å²) >= 11 is 0. The highest BCUT2D eigenvalue weighted by atomic mass is 16.3. The second-order valence-corrected chi connectivity index (χ2v) is 5.05. The van der Waals surface area contributed by atoms with Gasteiger partial charge in [-0.15, -0.1) is 0 Å². The van der Waals surface area contributed by atoms with E-state index in [0.29, 0.717) is 0 Å². The molecule has 2 nitrogen and oxygen atoms in total. The van der Waals surface area contributed by atoms with Crippen molar-refractivity contribution >= 4 is 0 Å². The van der Waals surface area contributed by atoms with Gasteiger partial charge in [0.1, 0.15) is 0 Å². The average molecular weight is 222 g/mol. The smallest absolute Gasteiger partial charge is 0.0920 e. The normalized spacial score (nSPS) is 17.2. The van der Waals surface area contributed by atoms with Gasteiger partial charge in [-0.3, -0.25) is 0 Å². The molecule has 0 aliphatic rings. The van der Waals surface area contributed by atoms with Crippen molar-refractivity contribution in [3.63, 3.8) is 0 Å². The quantitative estimate of drug-likeness (QED) is 0.821. The van der Waals surface area contributed by atoms with Gasteiger partial charge < -0.3 is 10.2 Å². The predicted octanol–water partition coefficient (Wildman–Crippen LogP) is 2.47. The lowest BCUT2D eigenvalue weighted by Crippen LogP contribution is -2.37. The van der Waals surface area contributed by atoms with Crippen molar-refractivity contribution in [2.45, 2.75) is 33.3 Å². The van der Waals surface area contributed by atoms with Crippen molar-refractivity contribution in [3.05, 3.63) is 35.4 Å². The number of aliphatic hydroxyl groups excluding tert-OH is 1. The second-order valence-electron chi connectivity index (χ2n) is 5.05. The van der Waals surface area contributed by atoms with Gasteiger partial charge in [0.2, 0.25) is 0 Å². The molecule has 16 heavy (non-hydrogen) atoms. The molecule has 0 saturated heterocycles. The van der Waals surface area contributed by atoms with E-state index in [0.717, 1.165) is 11.1 Å². The zero-order valence-electron chi connectivity index (χ0n) is 10.6. The minimum Gasteiger partial charge on any atom is -0.396 e. The standard InChI is InChI=1S/C14H22O2/c1-10(2)13(9-15)14(4,16)12-7-5-6-11(3)8-12/h5-8,10,13,15-16H,9H2,1-4H3/t13-,14+/m0/s1. The summed E-state index contributed by atoms with van der Waals surface area (Å²) in [6.45, 7) is 7.82. The fraction of sp³-hybridized carbons (Fsp3) is 0.571. The van der Waals surface area contributed by atoms with E-state index in [1.165, 1.54) is 0 Å². The molecular formula is C14H22O2. The molecule has 0 saturated carbocycles. The Labute approximate surface area is 97.9 Å². The molecule has 90 valence electrons. The maximum Gasteiger partial charge on any atom is 0.0920 e. The number of rotatable bonds is 4. The van der Waals surface area contributed by atoms with Gasteiger partial charge in [-0.1, -0.05) is 43.7 Å². The van der Waals surface area contributed by atoms with Gasteiger partial charge in [0.25, 0.3) is 0 Å². The lowest BCUT2D eigenvalue weighted by atomic mass is 9.77. The van der Waals surface area contributed by atoms with Crippen molar-refractivity contribution in [2.24, 2.45) is 11.8 Å². The highest BCUT2D eigenvalue weighted by Crippen LogP contribution is 2.34. The Morgan fingerprint density at radius 1 is 1.31 bits per heavy atom. The molecule has 0 radical (unpaired) electrons. The SMILES string of the molecule is Cc1cccc([C@@](C)(O)[C@@H](CO)C(C)C)c1. The van der Waals surface area contributed by atoms with Crippen LogP contribution in [0.1, 0.15) is 31.9 Å². The third kappa shape index (κ3) is 2.63. The first-order chi connectivity index (χ1) is 7.39. The van der Waals surface area contributed by atoms with Gasteiger partial charge in [0, 0.05) is 12.5 Å². The average Bonchev–Trinajstić information content (AvgIpc) is 2.17. The molecule has 0 spiro atoms. The third-order valence-electron chi connectivity index (χ3n) is 3.33. The summed E-state index contributed by atoms with van der Waals surface area (Å²) in [7, 11) is 0. The minimum atomic E-state index is -0.977. The van der Waals surface area contributed by atoms with E-state index in [-0.39, 0.29) is 18.4 Å². The van der Waals surface area contributed by atoms with Crippen LogP contribution in [0.3, 0.4) is 0 Å². The maximum atomic E-state index is 10.6. The third-order valence-corrected chi connectivity index (χ3v) is 3.33. The van der Waals surface area contributed by atoms with Crippen molar-refractivity contribution in [2.75, 3.05) is 6.61 Å².